The molecule has 1 aliphatic heterocycles. The molecule has 1 heterocycles. The van der Waals surface area contributed by atoms with Gasteiger partial charge in [0.25, 0.3) is 0 Å². The van der Waals surface area contributed by atoms with Crippen molar-refractivity contribution in [3.63, 3.8) is 0 Å². The highest BCUT2D eigenvalue weighted by Crippen LogP contribution is 2.30. The smallest absolute Gasteiger partial charge is 0.323 e. The van der Waals surface area contributed by atoms with Crippen LogP contribution in [0.25, 0.3) is 0 Å². The molecule has 0 aliphatic carbocycles. The average molecular weight is 265 g/mol. The first-order chi connectivity index (χ1) is 9.15. The Kier molecular flexibility index (Phi) is 4.27. The lowest BCUT2D eigenvalue weighted by atomic mass is 10.1. The third-order valence-corrected chi connectivity index (χ3v) is 3.29. The second-order valence-electron chi connectivity index (χ2n) is 4.51. The predicted molar refractivity (Wildman–Crippen MR) is 70.5 cm³/mol. The molecule has 1 fully saturated rings. The summed E-state index contributed by atoms with van der Waals surface area (Å²) in [4.78, 5) is 11.4. The second kappa shape index (κ2) is 5.93. The number of carbonyl (C=O) groups is 1. The van der Waals surface area contributed by atoms with Crippen LogP contribution in [-0.4, -0.2) is 32.8 Å². The molecule has 0 aromatic heterocycles. The van der Waals surface area contributed by atoms with Gasteiger partial charge in [-0.15, -0.1) is 0 Å². The van der Waals surface area contributed by atoms with Gasteiger partial charge in [-0.2, -0.15) is 0 Å². The van der Waals surface area contributed by atoms with E-state index in [0.717, 1.165) is 12.0 Å². The number of carbonyl (C=O) groups excluding carboxylic acids is 1. The van der Waals surface area contributed by atoms with Crippen molar-refractivity contribution in [2.24, 2.45) is 0 Å². The molecule has 19 heavy (non-hydrogen) atoms. The molecule has 2 unspecified atom stereocenters. The lowest BCUT2D eigenvalue weighted by Crippen LogP contribution is -2.35. The SMILES string of the molecule is COc1ccc(C(C)NC2CCOC2=O)cc1OC. The number of hydrogen-bond acceptors (Lipinski definition) is 5. The monoisotopic (exact) mass is 265 g/mol. The Morgan fingerprint density at radius 1 is 1.32 bits per heavy atom. The normalized spacial score (nSPS) is 19.9. The van der Waals surface area contributed by atoms with Crippen LogP contribution >= 0.6 is 0 Å². The number of nitrogens with one attached hydrogen (secondary N) is 1. The summed E-state index contributed by atoms with van der Waals surface area (Å²) in [7, 11) is 3.21. The fourth-order valence-electron chi connectivity index (χ4n) is 2.17. The van der Waals surface area contributed by atoms with Crippen molar-refractivity contribution in [2.75, 3.05) is 20.8 Å². The van der Waals surface area contributed by atoms with Crippen LogP contribution in [0.2, 0.25) is 0 Å². The van der Waals surface area contributed by atoms with Crippen molar-refractivity contribution >= 4 is 5.97 Å². The third kappa shape index (κ3) is 2.98. The molecule has 0 spiro atoms. The summed E-state index contributed by atoms with van der Waals surface area (Å²) in [5.41, 5.74) is 1.04. The number of cyclic esters (lactones) is 1. The highest BCUT2D eigenvalue weighted by Gasteiger charge is 2.27. The maximum Gasteiger partial charge on any atom is 0.323 e. The molecule has 1 saturated heterocycles. The summed E-state index contributed by atoms with van der Waals surface area (Å²) in [5, 5.41) is 3.26. The number of ether oxygens (including phenoxy) is 3. The van der Waals surface area contributed by atoms with E-state index in [1.165, 1.54) is 0 Å². The summed E-state index contributed by atoms with van der Waals surface area (Å²) >= 11 is 0. The van der Waals surface area contributed by atoms with Crippen LogP contribution in [0.3, 0.4) is 0 Å². The largest absolute Gasteiger partial charge is 0.493 e. The first kappa shape index (κ1) is 13.7. The topological polar surface area (TPSA) is 56.8 Å². The number of benzene rings is 1. The van der Waals surface area contributed by atoms with E-state index in [1.54, 1.807) is 14.2 Å². The van der Waals surface area contributed by atoms with E-state index in [-0.39, 0.29) is 18.1 Å². The van der Waals surface area contributed by atoms with Crippen molar-refractivity contribution in [1.29, 1.82) is 0 Å². The van der Waals surface area contributed by atoms with Gasteiger partial charge in [0, 0.05) is 12.5 Å². The number of rotatable bonds is 5. The minimum Gasteiger partial charge on any atom is -0.493 e. The molecule has 1 aromatic rings. The number of methoxy groups -OCH3 is 2. The van der Waals surface area contributed by atoms with Crippen molar-refractivity contribution in [3.05, 3.63) is 23.8 Å². The molecule has 1 aromatic carbocycles. The van der Waals surface area contributed by atoms with Gasteiger partial charge >= 0.3 is 5.97 Å². The molecule has 2 atom stereocenters. The molecule has 0 amide bonds. The fraction of sp³-hybridized carbons (Fsp3) is 0.500. The van der Waals surface area contributed by atoms with E-state index in [9.17, 15) is 4.79 Å². The van der Waals surface area contributed by atoms with Gasteiger partial charge < -0.3 is 14.2 Å². The van der Waals surface area contributed by atoms with E-state index in [2.05, 4.69) is 5.32 Å². The molecule has 1 aliphatic rings. The van der Waals surface area contributed by atoms with Gasteiger partial charge in [0.15, 0.2) is 11.5 Å². The van der Waals surface area contributed by atoms with Gasteiger partial charge in [0.2, 0.25) is 0 Å². The molecule has 1 N–H and O–H groups in total. The third-order valence-electron chi connectivity index (χ3n) is 3.29. The van der Waals surface area contributed by atoms with E-state index in [0.29, 0.717) is 18.1 Å². The summed E-state index contributed by atoms with van der Waals surface area (Å²) in [5.74, 6) is 1.20. The van der Waals surface area contributed by atoms with Crippen LogP contribution in [0.1, 0.15) is 24.9 Å². The molecular weight excluding hydrogens is 246 g/mol. The average Bonchev–Trinajstić information content (AvgIpc) is 2.83. The highest BCUT2D eigenvalue weighted by molar-refractivity contribution is 5.77. The summed E-state index contributed by atoms with van der Waals surface area (Å²) in [6.07, 6.45) is 0.719. The molecule has 104 valence electrons. The quantitative estimate of drug-likeness (QED) is 0.821. The first-order valence-corrected chi connectivity index (χ1v) is 6.30. The van der Waals surface area contributed by atoms with Gasteiger partial charge in [-0.25, -0.2) is 0 Å². The summed E-state index contributed by atoms with van der Waals surface area (Å²) < 4.78 is 15.4. The zero-order chi connectivity index (χ0) is 13.8. The zero-order valence-corrected chi connectivity index (χ0v) is 11.4. The van der Waals surface area contributed by atoms with E-state index in [1.807, 2.05) is 25.1 Å². The Hall–Kier alpha value is -1.75. The van der Waals surface area contributed by atoms with Crippen LogP contribution in [0.15, 0.2) is 18.2 Å². The predicted octanol–water partition coefficient (Wildman–Crippen LogP) is 1.67. The van der Waals surface area contributed by atoms with Crippen molar-refractivity contribution in [2.45, 2.75) is 25.4 Å². The fourth-order valence-corrected chi connectivity index (χ4v) is 2.17. The van der Waals surface area contributed by atoms with E-state index < -0.39 is 0 Å². The van der Waals surface area contributed by atoms with Crippen molar-refractivity contribution in [1.82, 2.24) is 5.32 Å². The summed E-state index contributed by atoms with van der Waals surface area (Å²) in [6.45, 7) is 2.50. The van der Waals surface area contributed by atoms with Gasteiger partial charge in [-0.3, -0.25) is 10.1 Å². The maximum atomic E-state index is 11.4. The number of esters is 1. The van der Waals surface area contributed by atoms with Crippen LogP contribution in [-0.2, 0) is 9.53 Å². The minimum atomic E-state index is -0.219. The minimum absolute atomic E-state index is 0.0375. The van der Waals surface area contributed by atoms with Crippen LogP contribution in [0, 0.1) is 0 Å². The Morgan fingerprint density at radius 2 is 2.05 bits per heavy atom. The molecule has 5 nitrogen and oxygen atoms in total. The maximum absolute atomic E-state index is 11.4. The molecule has 2 rings (SSSR count). The van der Waals surface area contributed by atoms with Crippen LogP contribution in [0.4, 0.5) is 0 Å². The molecular formula is C14H19NO4. The molecule has 0 saturated carbocycles. The Balaban J connectivity index is 2.10. The molecule has 0 radical (unpaired) electrons. The molecule has 5 heteroatoms. The van der Waals surface area contributed by atoms with Crippen LogP contribution < -0.4 is 14.8 Å². The highest BCUT2D eigenvalue weighted by atomic mass is 16.5. The summed E-state index contributed by atoms with van der Waals surface area (Å²) in [6, 6.07) is 5.55. The van der Waals surface area contributed by atoms with E-state index >= 15 is 0 Å². The Bertz CT molecular complexity index is 461. The van der Waals surface area contributed by atoms with Gasteiger partial charge in [-0.05, 0) is 24.6 Å². The second-order valence-corrected chi connectivity index (χ2v) is 4.51. The zero-order valence-electron chi connectivity index (χ0n) is 11.4. The first-order valence-electron chi connectivity index (χ1n) is 6.30. The Morgan fingerprint density at radius 3 is 2.63 bits per heavy atom. The lowest BCUT2D eigenvalue weighted by molar-refractivity contribution is -0.139. The number of hydrogen-bond donors (Lipinski definition) is 1. The van der Waals surface area contributed by atoms with Crippen LogP contribution in [0.5, 0.6) is 11.5 Å². The lowest BCUT2D eigenvalue weighted by Gasteiger charge is -2.18. The van der Waals surface area contributed by atoms with Crippen molar-refractivity contribution in [3.8, 4) is 11.5 Å². The van der Waals surface area contributed by atoms with Gasteiger partial charge in [0.05, 0.1) is 20.8 Å². The standard InChI is InChI=1S/C14H19NO4/c1-9(15-11-6-7-19-14(11)16)10-4-5-12(17-2)13(8-10)18-3/h4-5,8-9,11,15H,6-7H2,1-3H3. The Labute approximate surface area is 112 Å². The molecule has 0 bridgehead atoms. The van der Waals surface area contributed by atoms with E-state index in [4.69, 9.17) is 14.2 Å². The van der Waals surface area contributed by atoms with Gasteiger partial charge in [0.1, 0.15) is 6.04 Å². The van der Waals surface area contributed by atoms with Gasteiger partial charge in [-0.1, -0.05) is 6.07 Å². The van der Waals surface area contributed by atoms with Crippen molar-refractivity contribution < 1.29 is 19.0 Å².